The fourth-order valence-electron chi connectivity index (χ4n) is 5.80. The molecule has 2 aliphatic heterocycles. The number of anilines is 2. The molecule has 5 aromatic rings. The number of aromatic hydroxyl groups is 2. The summed E-state index contributed by atoms with van der Waals surface area (Å²) in [6.45, 7) is 0. The zero-order valence-corrected chi connectivity index (χ0v) is 26.5. The molecule has 4 N–H and O–H groups in total. The van der Waals surface area contributed by atoms with Crippen molar-refractivity contribution in [3.8, 4) is 11.6 Å². The average Bonchev–Trinajstić information content (AvgIpc) is 3.90. The molecule has 0 unspecified atom stereocenters. The Morgan fingerprint density at radius 2 is 1.38 bits per heavy atom. The summed E-state index contributed by atoms with van der Waals surface area (Å²) in [6.07, 6.45) is -0.0998. The highest BCUT2D eigenvalue weighted by molar-refractivity contribution is 6.31. The molecule has 3 aromatic carbocycles. The fourth-order valence-corrected chi connectivity index (χ4v) is 6.06. The second-order valence-corrected chi connectivity index (χ2v) is 11.9. The molecule has 0 spiro atoms. The van der Waals surface area contributed by atoms with Gasteiger partial charge in [-0.1, -0.05) is 47.5 Å². The van der Waals surface area contributed by atoms with E-state index in [1.807, 2.05) is 0 Å². The minimum Gasteiger partial charge on any atom is -0.503 e. The molecule has 4 amide bonds. The number of imidazole rings is 1. The van der Waals surface area contributed by atoms with E-state index in [1.165, 1.54) is 0 Å². The van der Waals surface area contributed by atoms with Crippen molar-refractivity contribution < 1.29 is 24.6 Å². The number of Topliss-reactive ketones (excluding diaryl/α,β-unsaturated/α-hetero) is 1. The van der Waals surface area contributed by atoms with Crippen molar-refractivity contribution in [3.63, 3.8) is 0 Å². The molecule has 246 valence electrons. The highest BCUT2D eigenvalue weighted by atomic mass is 35.5. The molecule has 0 bridgehead atoms. The van der Waals surface area contributed by atoms with Crippen molar-refractivity contribution in [2.75, 3.05) is 10.6 Å². The van der Waals surface area contributed by atoms with Gasteiger partial charge in [-0.15, -0.1) is 20.5 Å². The summed E-state index contributed by atoms with van der Waals surface area (Å²) >= 11 is 11.8. The number of amides is 4. The monoisotopic (exact) mass is 708 g/mol. The Morgan fingerprint density at radius 3 is 2.02 bits per heavy atom. The van der Waals surface area contributed by atoms with Crippen molar-refractivity contribution in [3.05, 3.63) is 105 Å². The molecule has 0 radical (unpaired) electrons. The minimum atomic E-state index is -1.94. The summed E-state index contributed by atoms with van der Waals surface area (Å²) in [6, 6.07) is 17.7. The van der Waals surface area contributed by atoms with E-state index in [4.69, 9.17) is 23.2 Å². The van der Waals surface area contributed by atoms with Crippen molar-refractivity contribution in [2.24, 2.45) is 30.4 Å². The molecule has 0 saturated carbocycles. The summed E-state index contributed by atoms with van der Waals surface area (Å²) in [5.74, 6) is -2.80. The number of halogens is 2. The molecule has 8 rings (SSSR count). The summed E-state index contributed by atoms with van der Waals surface area (Å²) in [5.41, 5.74) is -0.764. The predicted octanol–water partition coefficient (Wildman–Crippen LogP) is 6.59. The molecule has 3 aliphatic rings. The van der Waals surface area contributed by atoms with Crippen molar-refractivity contribution >= 4 is 76.1 Å². The number of aromatic nitrogens is 4. The normalized spacial score (nSPS) is 18.5. The molecule has 17 nitrogen and oxygen atoms in total. The Bertz CT molecular complexity index is 2410. The lowest BCUT2D eigenvalue weighted by molar-refractivity contribution is 0.0920. The van der Waals surface area contributed by atoms with E-state index >= 15 is 0 Å². The largest absolute Gasteiger partial charge is 0.503 e. The second kappa shape index (κ2) is 11.5. The van der Waals surface area contributed by atoms with Gasteiger partial charge in [0.25, 0.3) is 17.9 Å². The maximum absolute atomic E-state index is 14.4. The SMILES string of the molecule is O=C(N=C1N=Nc2c(O)c([C@@]3(c4nc5n(c4O)C(=NC(=O)Nc4ccc(Cl)cc4)N=N5)Cc4ccccc4C3=O)nn21)Nc1ccc(Cl)cc1. The smallest absolute Gasteiger partial charge is 0.348 e. The van der Waals surface area contributed by atoms with E-state index in [1.54, 1.807) is 72.8 Å². The Balaban J connectivity index is 1.19. The van der Waals surface area contributed by atoms with Gasteiger partial charge < -0.3 is 20.8 Å². The molecular formula is C31H18Cl2N12O5. The number of aliphatic imine (C=N–C) groups is 2. The number of hydrogen-bond acceptors (Lipinski definition) is 9. The van der Waals surface area contributed by atoms with Gasteiger partial charge in [0.1, 0.15) is 16.8 Å². The van der Waals surface area contributed by atoms with Gasteiger partial charge in [-0.3, -0.25) is 4.79 Å². The third kappa shape index (κ3) is 4.91. The number of nitrogens with zero attached hydrogens (tertiary/aromatic N) is 10. The van der Waals surface area contributed by atoms with Gasteiger partial charge in [0.2, 0.25) is 11.7 Å². The molecule has 50 heavy (non-hydrogen) atoms. The van der Waals surface area contributed by atoms with Gasteiger partial charge >= 0.3 is 12.1 Å². The molecule has 4 heterocycles. The van der Waals surface area contributed by atoms with E-state index in [0.717, 1.165) is 9.25 Å². The predicted molar refractivity (Wildman–Crippen MR) is 179 cm³/mol. The maximum Gasteiger partial charge on any atom is 0.348 e. The first-order valence-corrected chi connectivity index (χ1v) is 15.3. The summed E-state index contributed by atoms with van der Waals surface area (Å²) in [5, 5.41) is 49.3. The van der Waals surface area contributed by atoms with Crippen LogP contribution in [0.5, 0.6) is 11.6 Å². The van der Waals surface area contributed by atoms with Crippen LogP contribution in [0.1, 0.15) is 27.3 Å². The number of benzene rings is 3. The molecule has 19 heteroatoms. The van der Waals surface area contributed by atoms with Crippen LogP contribution in [0.3, 0.4) is 0 Å². The highest BCUT2D eigenvalue weighted by Crippen LogP contribution is 2.52. The minimum absolute atomic E-state index is 0.0998. The first-order valence-electron chi connectivity index (χ1n) is 14.5. The van der Waals surface area contributed by atoms with Crippen LogP contribution in [0.2, 0.25) is 10.0 Å². The van der Waals surface area contributed by atoms with Crippen LogP contribution in [0.25, 0.3) is 0 Å². The van der Waals surface area contributed by atoms with Gasteiger partial charge in [-0.05, 0) is 60.5 Å². The van der Waals surface area contributed by atoms with Crippen LogP contribution in [-0.4, -0.2) is 59.3 Å². The second-order valence-electron chi connectivity index (χ2n) is 11.0. The molecule has 0 fully saturated rings. The van der Waals surface area contributed by atoms with Crippen molar-refractivity contribution in [1.82, 2.24) is 19.3 Å². The number of carbonyl (C=O) groups is 3. The number of fused-ring (bicyclic) bond motifs is 3. The highest BCUT2D eigenvalue weighted by Gasteiger charge is 2.56. The summed E-state index contributed by atoms with van der Waals surface area (Å²) < 4.78 is 1.99. The molecule has 0 saturated heterocycles. The Morgan fingerprint density at radius 1 is 0.780 bits per heavy atom. The van der Waals surface area contributed by atoms with Crippen LogP contribution in [0.15, 0.2) is 103 Å². The number of carbonyl (C=O) groups excluding carboxylic acids is 3. The lowest BCUT2D eigenvalue weighted by Gasteiger charge is -2.24. The van der Waals surface area contributed by atoms with Gasteiger partial charge in [0.05, 0.1) is 0 Å². The third-order valence-electron chi connectivity index (χ3n) is 8.03. The van der Waals surface area contributed by atoms with Crippen LogP contribution >= 0.6 is 23.2 Å². The number of rotatable bonds is 4. The number of azo groups is 2. The molecule has 1 atom stereocenters. The van der Waals surface area contributed by atoms with Crippen LogP contribution in [0, 0.1) is 0 Å². The van der Waals surface area contributed by atoms with E-state index in [-0.39, 0.29) is 41.5 Å². The van der Waals surface area contributed by atoms with Gasteiger partial charge in [-0.25, -0.2) is 19.1 Å². The topological polar surface area (TPSA) is 226 Å². The quantitative estimate of drug-likeness (QED) is 0.160. The van der Waals surface area contributed by atoms with E-state index < -0.39 is 34.9 Å². The number of urea groups is 2. The Kier molecular flexibility index (Phi) is 7.09. The van der Waals surface area contributed by atoms with Gasteiger partial charge in [0.15, 0.2) is 11.5 Å². The maximum atomic E-state index is 14.4. The van der Waals surface area contributed by atoms with Gasteiger partial charge in [0, 0.05) is 27.0 Å². The number of hydrogen-bond donors (Lipinski definition) is 4. The number of nitrogens with one attached hydrogen (secondary N) is 2. The molecule has 1 aliphatic carbocycles. The summed E-state index contributed by atoms with van der Waals surface area (Å²) in [7, 11) is 0. The van der Waals surface area contributed by atoms with Crippen LogP contribution in [0.4, 0.5) is 32.7 Å². The third-order valence-corrected chi connectivity index (χ3v) is 8.54. The standard InChI is InChI=1S/C31H18Cl2N12O5/c32-15-5-9-17(10-6-15)34-29(49)37-27-41-40-26-36-22(25(48)44(26)27)31(13-14-3-1-2-4-19(14)23(31)47)21-20(46)24-39-42-28(45(24)43-21)38-30(50)35-18-11-7-16(33)8-12-18/h1-12,46,48H,13H2,(H,34,49)(H,35,50)/t31-/m1/s1. The van der Waals surface area contributed by atoms with E-state index in [0.29, 0.717) is 32.5 Å². The first-order chi connectivity index (χ1) is 24.1. The molecular weight excluding hydrogens is 691 g/mol. The lowest BCUT2D eigenvalue weighted by Crippen LogP contribution is -2.36. The first kappa shape index (κ1) is 30.7. The van der Waals surface area contributed by atoms with Crippen LogP contribution < -0.4 is 10.6 Å². The zero-order chi connectivity index (χ0) is 34.7. The molecule has 2 aromatic heterocycles. The Hall–Kier alpha value is -6.59. The zero-order valence-electron chi connectivity index (χ0n) is 25.0. The van der Waals surface area contributed by atoms with E-state index in [2.05, 4.69) is 51.2 Å². The van der Waals surface area contributed by atoms with E-state index in [9.17, 15) is 24.6 Å². The average molecular weight is 709 g/mol. The summed E-state index contributed by atoms with van der Waals surface area (Å²) in [4.78, 5) is 52.2. The van der Waals surface area contributed by atoms with Crippen LogP contribution in [-0.2, 0) is 11.8 Å². The fraction of sp³-hybridized carbons (Fsp3) is 0.0645. The van der Waals surface area contributed by atoms with Crippen molar-refractivity contribution in [1.29, 1.82) is 0 Å². The van der Waals surface area contributed by atoms with Crippen molar-refractivity contribution in [2.45, 2.75) is 11.8 Å². The number of ketones is 1. The van der Waals surface area contributed by atoms with Gasteiger partial charge in [-0.2, -0.15) is 19.8 Å². The Labute approximate surface area is 289 Å². The lowest BCUT2D eigenvalue weighted by atomic mass is 9.77.